The van der Waals surface area contributed by atoms with Crippen molar-refractivity contribution in [3.63, 3.8) is 0 Å². The molecule has 0 aliphatic carbocycles. The normalized spacial score (nSPS) is 10.9. The second-order valence-corrected chi connectivity index (χ2v) is 7.10. The summed E-state index contributed by atoms with van der Waals surface area (Å²) < 4.78 is 5.18. The zero-order valence-corrected chi connectivity index (χ0v) is 15.7. The SMILES string of the molecule is Cc1noc(C)c1CSc1ccccc1C(=O)N(CC(N)=O)C(C)C. The van der Waals surface area contributed by atoms with Crippen LogP contribution >= 0.6 is 11.8 Å². The molecule has 2 rings (SSSR count). The Bertz CT molecular complexity index is 751. The Morgan fingerprint density at radius 3 is 2.52 bits per heavy atom. The van der Waals surface area contributed by atoms with E-state index >= 15 is 0 Å². The fourth-order valence-electron chi connectivity index (χ4n) is 2.44. The second kappa shape index (κ2) is 8.20. The molecule has 7 heteroatoms. The standard InChI is InChI=1S/C18H23N3O3S/c1-11(2)21(9-17(19)22)18(23)14-7-5-6-8-16(14)25-10-15-12(3)20-24-13(15)4/h5-8,11H,9-10H2,1-4H3,(H2,19,22). The van der Waals surface area contributed by atoms with Crippen LogP contribution in [0.25, 0.3) is 0 Å². The Kier molecular flexibility index (Phi) is 6.25. The van der Waals surface area contributed by atoms with Crippen molar-refractivity contribution in [3.8, 4) is 0 Å². The number of amides is 2. The van der Waals surface area contributed by atoms with Crippen LogP contribution in [0.4, 0.5) is 0 Å². The van der Waals surface area contributed by atoms with E-state index in [0.717, 1.165) is 21.9 Å². The number of hydrogen-bond acceptors (Lipinski definition) is 5. The maximum absolute atomic E-state index is 12.9. The van der Waals surface area contributed by atoms with Gasteiger partial charge in [-0.2, -0.15) is 0 Å². The van der Waals surface area contributed by atoms with Gasteiger partial charge in [-0.15, -0.1) is 11.8 Å². The van der Waals surface area contributed by atoms with Gasteiger partial charge in [0.05, 0.1) is 17.8 Å². The van der Waals surface area contributed by atoms with Gasteiger partial charge < -0.3 is 15.2 Å². The van der Waals surface area contributed by atoms with Crippen molar-refractivity contribution in [2.75, 3.05) is 6.54 Å². The van der Waals surface area contributed by atoms with Gasteiger partial charge in [-0.25, -0.2) is 0 Å². The summed E-state index contributed by atoms with van der Waals surface area (Å²) in [5.74, 6) is 0.716. The molecule has 25 heavy (non-hydrogen) atoms. The summed E-state index contributed by atoms with van der Waals surface area (Å²) in [4.78, 5) is 26.5. The lowest BCUT2D eigenvalue weighted by molar-refractivity contribution is -0.119. The number of carbonyl (C=O) groups excluding carboxylic acids is 2. The molecule has 2 N–H and O–H groups in total. The van der Waals surface area contributed by atoms with Crippen molar-refractivity contribution in [2.45, 2.75) is 44.4 Å². The van der Waals surface area contributed by atoms with Crippen LogP contribution in [0.1, 0.15) is 41.2 Å². The lowest BCUT2D eigenvalue weighted by atomic mass is 10.1. The molecule has 0 aliphatic rings. The van der Waals surface area contributed by atoms with Crippen molar-refractivity contribution in [1.29, 1.82) is 0 Å². The summed E-state index contributed by atoms with van der Waals surface area (Å²) in [5, 5.41) is 3.96. The minimum atomic E-state index is -0.525. The number of nitrogens with two attached hydrogens (primary N) is 1. The van der Waals surface area contributed by atoms with E-state index in [4.69, 9.17) is 10.3 Å². The fraction of sp³-hybridized carbons (Fsp3) is 0.389. The summed E-state index contributed by atoms with van der Waals surface area (Å²) in [6.07, 6.45) is 0. The number of primary amides is 1. The van der Waals surface area contributed by atoms with Crippen LogP contribution in [-0.2, 0) is 10.5 Å². The van der Waals surface area contributed by atoms with Crippen molar-refractivity contribution in [3.05, 3.63) is 46.8 Å². The molecule has 0 bridgehead atoms. The average molecular weight is 361 g/mol. The monoisotopic (exact) mass is 361 g/mol. The van der Waals surface area contributed by atoms with Crippen LogP contribution in [0.2, 0.25) is 0 Å². The minimum Gasteiger partial charge on any atom is -0.368 e. The largest absolute Gasteiger partial charge is 0.368 e. The van der Waals surface area contributed by atoms with Crippen LogP contribution < -0.4 is 5.73 Å². The van der Waals surface area contributed by atoms with Gasteiger partial charge in [-0.3, -0.25) is 9.59 Å². The Morgan fingerprint density at radius 2 is 1.96 bits per heavy atom. The van der Waals surface area contributed by atoms with Gasteiger partial charge in [0.2, 0.25) is 5.91 Å². The van der Waals surface area contributed by atoms with Crippen molar-refractivity contribution in [1.82, 2.24) is 10.1 Å². The van der Waals surface area contributed by atoms with E-state index in [0.29, 0.717) is 11.3 Å². The summed E-state index contributed by atoms with van der Waals surface area (Å²) in [7, 11) is 0. The molecule has 0 fully saturated rings. The molecule has 1 aromatic carbocycles. The Hall–Kier alpha value is -2.28. The first kappa shape index (κ1) is 19.1. The molecule has 0 spiro atoms. The van der Waals surface area contributed by atoms with Gasteiger partial charge >= 0.3 is 0 Å². The zero-order chi connectivity index (χ0) is 18.6. The molecule has 0 atom stereocenters. The maximum atomic E-state index is 12.9. The number of aromatic nitrogens is 1. The number of aryl methyl sites for hydroxylation is 2. The summed E-state index contributed by atoms with van der Waals surface area (Å²) in [6, 6.07) is 7.25. The predicted molar refractivity (Wildman–Crippen MR) is 97.3 cm³/mol. The van der Waals surface area contributed by atoms with E-state index in [-0.39, 0.29) is 18.5 Å². The quantitative estimate of drug-likeness (QED) is 0.766. The molecule has 1 heterocycles. The first-order valence-electron chi connectivity index (χ1n) is 8.04. The third kappa shape index (κ3) is 4.63. The maximum Gasteiger partial charge on any atom is 0.255 e. The van der Waals surface area contributed by atoms with E-state index in [9.17, 15) is 9.59 Å². The average Bonchev–Trinajstić information content (AvgIpc) is 2.88. The number of nitrogens with zero attached hydrogens (tertiary/aromatic N) is 2. The molecule has 2 aromatic rings. The first-order chi connectivity index (χ1) is 11.8. The van der Waals surface area contributed by atoms with Gasteiger partial charge in [0.25, 0.3) is 5.91 Å². The second-order valence-electron chi connectivity index (χ2n) is 6.08. The molecular weight excluding hydrogens is 338 g/mol. The highest BCUT2D eigenvalue weighted by Gasteiger charge is 2.23. The number of carbonyl (C=O) groups is 2. The van der Waals surface area contributed by atoms with E-state index in [1.54, 1.807) is 17.8 Å². The molecule has 0 radical (unpaired) electrons. The zero-order valence-electron chi connectivity index (χ0n) is 14.9. The summed E-state index contributed by atoms with van der Waals surface area (Å²) in [6.45, 7) is 7.40. The van der Waals surface area contributed by atoms with E-state index in [1.807, 2.05) is 45.9 Å². The predicted octanol–water partition coefficient (Wildman–Crippen LogP) is 2.92. The van der Waals surface area contributed by atoms with Crippen LogP contribution in [-0.4, -0.2) is 34.5 Å². The van der Waals surface area contributed by atoms with Crippen molar-refractivity contribution < 1.29 is 14.1 Å². The van der Waals surface area contributed by atoms with Crippen LogP contribution in [0.15, 0.2) is 33.7 Å². The van der Waals surface area contributed by atoms with Crippen LogP contribution in [0.5, 0.6) is 0 Å². The first-order valence-corrected chi connectivity index (χ1v) is 9.02. The lowest BCUT2D eigenvalue weighted by Crippen LogP contribution is -2.42. The van der Waals surface area contributed by atoms with Gasteiger partial charge in [0.15, 0.2) is 0 Å². The summed E-state index contributed by atoms with van der Waals surface area (Å²) >= 11 is 1.55. The number of rotatable bonds is 7. The number of hydrogen-bond donors (Lipinski definition) is 1. The van der Waals surface area contributed by atoms with Gasteiger partial charge in [0, 0.05) is 22.3 Å². The molecule has 134 valence electrons. The molecule has 6 nitrogen and oxygen atoms in total. The minimum absolute atomic E-state index is 0.0978. The Morgan fingerprint density at radius 1 is 1.28 bits per heavy atom. The van der Waals surface area contributed by atoms with Gasteiger partial charge in [-0.1, -0.05) is 17.3 Å². The Balaban J connectivity index is 2.24. The van der Waals surface area contributed by atoms with Gasteiger partial charge in [0.1, 0.15) is 5.76 Å². The highest BCUT2D eigenvalue weighted by Crippen LogP contribution is 2.29. The fourth-order valence-corrected chi connectivity index (χ4v) is 3.64. The number of thioether (sulfide) groups is 1. The molecule has 0 saturated heterocycles. The van der Waals surface area contributed by atoms with Gasteiger partial charge in [-0.05, 0) is 39.8 Å². The Labute approximate surface area is 151 Å². The molecular formula is C18H23N3O3S. The highest BCUT2D eigenvalue weighted by molar-refractivity contribution is 7.98. The van der Waals surface area contributed by atoms with E-state index in [1.165, 1.54) is 4.90 Å². The molecule has 2 amide bonds. The molecule has 0 aliphatic heterocycles. The topological polar surface area (TPSA) is 89.4 Å². The van der Waals surface area contributed by atoms with E-state index in [2.05, 4.69) is 5.16 Å². The smallest absolute Gasteiger partial charge is 0.255 e. The highest BCUT2D eigenvalue weighted by atomic mass is 32.2. The number of benzene rings is 1. The molecule has 0 saturated carbocycles. The molecule has 0 unspecified atom stereocenters. The van der Waals surface area contributed by atoms with Crippen molar-refractivity contribution in [2.24, 2.45) is 5.73 Å². The van der Waals surface area contributed by atoms with Crippen LogP contribution in [0, 0.1) is 13.8 Å². The van der Waals surface area contributed by atoms with Crippen LogP contribution in [0.3, 0.4) is 0 Å². The molecule has 1 aromatic heterocycles. The summed E-state index contributed by atoms with van der Waals surface area (Å²) in [5.41, 5.74) is 7.74. The van der Waals surface area contributed by atoms with E-state index < -0.39 is 5.91 Å². The van der Waals surface area contributed by atoms with Crippen molar-refractivity contribution >= 4 is 23.6 Å². The third-order valence-electron chi connectivity index (χ3n) is 3.88. The third-order valence-corrected chi connectivity index (χ3v) is 4.98. The lowest BCUT2D eigenvalue weighted by Gasteiger charge is -2.26.